The molecule has 0 aliphatic heterocycles. The van der Waals surface area contributed by atoms with Gasteiger partial charge in [0.15, 0.2) is 8.32 Å². The van der Waals surface area contributed by atoms with Gasteiger partial charge in [-0.15, -0.1) is 51.9 Å². The van der Waals surface area contributed by atoms with Gasteiger partial charge in [-0.25, -0.2) is 12.1 Å². The first-order chi connectivity index (χ1) is 14.3. The predicted octanol–water partition coefficient (Wildman–Crippen LogP) is 1.14. The summed E-state index contributed by atoms with van der Waals surface area (Å²) in [6, 6.07) is 27.1. The molecule has 0 N–H and O–H groups in total. The second kappa shape index (κ2) is 16.0. The van der Waals surface area contributed by atoms with Gasteiger partial charge in [0.1, 0.15) is 0 Å². The fourth-order valence-electron chi connectivity index (χ4n) is 2.86. The van der Waals surface area contributed by atoms with Crippen molar-refractivity contribution in [2.75, 3.05) is 13.2 Å². The van der Waals surface area contributed by atoms with Gasteiger partial charge in [0.2, 0.25) is 0 Å². The summed E-state index contributed by atoms with van der Waals surface area (Å²) in [5, 5.41) is 5.39. The van der Waals surface area contributed by atoms with Crippen LogP contribution in [0.2, 0.25) is 32.7 Å². The topological polar surface area (TPSA) is 18.5 Å². The summed E-state index contributed by atoms with van der Waals surface area (Å²) in [5.41, 5.74) is 0.210. The number of benzene rings is 2. The number of fused-ring (bicyclic) bond motifs is 3. The first-order valence-electron chi connectivity index (χ1n) is 10.3. The van der Waals surface area contributed by atoms with Gasteiger partial charge in [-0.2, -0.15) is 0 Å². The van der Waals surface area contributed by atoms with E-state index >= 15 is 0 Å². The number of ether oxygens (including phenoxy) is 1. The van der Waals surface area contributed by atoms with Gasteiger partial charge in [-0.05, 0) is 19.6 Å². The van der Waals surface area contributed by atoms with E-state index in [1.54, 1.807) is 23.3 Å². The molecule has 4 aromatic carbocycles. The maximum Gasteiger partial charge on any atom is -0.0771 e. The molecular formula is C25H32Cl2O2Si2Zr-2. The van der Waals surface area contributed by atoms with Crippen LogP contribution >= 0.6 is 0 Å². The van der Waals surface area contributed by atoms with Crippen molar-refractivity contribution in [3.05, 3.63) is 78.9 Å². The Morgan fingerprint density at radius 3 is 1.69 bits per heavy atom. The molecular weight excluding hydrogens is 551 g/mol. The van der Waals surface area contributed by atoms with Crippen LogP contribution in [0.5, 0.6) is 5.75 Å². The van der Waals surface area contributed by atoms with Crippen molar-refractivity contribution >= 4 is 35.3 Å². The largest absolute Gasteiger partial charge is 1.00 e. The van der Waals surface area contributed by atoms with Crippen LogP contribution in [0.4, 0.5) is 0 Å². The minimum absolute atomic E-state index is 0. The van der Waals surface area contributed by atoms with E-state index < -0.39 is 8.32 Å². The van der Waals surface area contributed by atoms with Gasteiger partial charge in [0.25, 0.3) is 0 Å². The monoisotopic (exact) mass is 580 g/mol. The Balaban J connectivity index is 0.000000490. The number of hydrogen-bond acceptors (Lipinski definition) is 2. The Morgan fingerprint density at radius 2 is 1.25 bits per heavy atom. The smallest absolute Gasteiger partial charge is 0.0771 e. The first-order valence-corrected chi connectivity index (χ1v) is 19.9. The molecule has 0 saturated heterocycles. The molecule has 0 bridgehead atoms. The second-order valence-electron chi connectivity index (χ2n) is 8.25. The summed E-state index contributed by atoms with van der Waals surface area (Å²) in [4.78, 5) is 0. The van der Waals surface area contributed by atoms with E-state index in [9.17, 15) is 0 Å². The van der Waals surface area contributed by atoms with Crippen molar-refractivity contribution in [2.24, 2.45) is 0 Å². The molecule has 0 atom stereocenters. The maximum absolute atomic E-state index is 5.64. The maximum atomic E-state index is 5.64. The summed E-state index contributed by atoms with van der Waals surface area (Å²) in [6.07, 6.45) is 0. The predicted molar refractivity (Wildman–Crippen MR) is 131 cm³/mol. The average Bonchev–Trinajstić information content (AvgIpc) is 3.32. The second-order valence-corrected chi connectivity index (χ2v) is 22.1. The van der Waals surface area contributed by atoms with Gasteiger partial charge >= 0.3 is 41.9 Å². The molecule has 32 heavy (non-hydrogen) atoms. The van der Waals surface area contributed by atoms with E-state index in [2.05, 4.69) is 87.3 Å². The summed E-state index contributed by atoms with van der Waals surface area (Å²) in [5.74, 6) is 0.930. The Hall–Kier alpha value is -0.683. The molecule has 0 unspecified atom stereocenters. The van der Waals surface area contributed by atoms with E-state index in [4.69, 9.17) is 9.16 Å². The van der Waals surface area contributed by atoms with Gasteiger partial charge in [-0.3, -0.25) is 0 Å². The number of halogens is 2. The van der Waals surface area contributed by atoms with E-state index in [0.29, 0.717) is 13.2 Å². The van der Waals surface area contributed by atoms with Crippen LogP contribution in [0, 0.1) is 0 Å². The van der Waals surface area contributed by atoms with Crippen molar-refractivity contribution in [1.29, 1.82) is 0 Å². The third-order valence-corrected chi connectivity index (χ3v) is 5.11. The fourth-order valence-corrected chi connectivity index (χ4v) is 3.56. The molecule has 0 radical (unpaired) electrons. The summed E-state index contributed by atoms with van der Waals surface area (Å²) >= 11 is 1.74. The van der Waals surface area contributed by atoms with Gasteiger partial charge < -0.3 is 34.0 Å². The minimum Gasteiger partial charge on any atom is -1.00 e. The molecule has 0 aromatic heterocycles. The molecule has 0 saturated carbocycles. The van der Waals surface area contributed by atoms with Crippen molar-refractivity contribution in [2.45, 2.75) is 32.7 Å². The molecule has 172 valence electrons. The molecule has 0 amide bonds. The van der Waals surface area contributed by atoms with Crippen LogP contribution in [-0.2, 0) is 27.8 Å². The molecule has 0 fully saturated rings. The van der Waals surface area contributed by atoms with Crippen LogP contribution < -0.4 is 29.6 Å². The zero-order valence-electron chi connectivity index (χ0n) is 19.5. The van der Waals surface area contributed by atoms with Gasteiger partial charge in [0.05, 0.1) is 13.2 Å². The molecule has 0 spiro atoms. The van der Waals surface area contributed by atoms with Crippen LogP contribution in [0.25, 0.3) is 21.5 Å². The molecule has 4 aromatic rings. The SMILES string of the molecule is C[Si](C)(C)OCCO[c-]1cccc1.C[Si](C)=[Zr+2].[Cl-].[Cl-].c1ccc2c(c1)[cH-]c1ccccc12. The van der Waals surface area contributed by atoms with E-state index in [-0.39, 0.29) is 30.2 Å². The number of hydrogen-bond donors (Lipinski definition) is 0. The summed E-state index contributed by atoms with van der Waals surface area (Å²) < 4.78 is 11.1. The summed E-state index contributed by atoms with van der Waals surface area (Å²) in [7, 11) is -1.36. The molecule has 7 heteroatoms. The minimum atomic E-state index is -1.36. The molecule has 0 aliphatic carbocycles. The Bertz CT molecular complexity index is 987. The normalized spacial score (nSPS) is 10.1. The van der Waals surface area contributed by atoms with Crippen molar-refractivity contribution in [1.82, 2.24) is 0 Å². The van der Waals surface area contributed by atoms with Crippen molar-refractivity contribution < 1.29 is 57.3 Å². The number of rotatable bonds is 5. The van der Waals surface area contributed by atoms with E-state index in [0.717, 1.165) is 5.75 Å². The zero-order valence-corrected chi connectivity index (χ0v) is 25.5. The van der Waals surface area contributed by atoms with Crippen LogP contribution in [0.1, 0.15) is 0 Å². The molecule has 0 heterocycles. The zero-order chi connectivity index (χ0) is 22.0. The molecule has 4 rings (SSSR count). The Morgan fingerprint density at radius 1 is 0.812 bits per heavy atom. The first kappa shape index (κ1) is 31.3. The standard InChI is InChI=1S/C13H9.C10H17O2Si.C2H6Si.2ClH.Zr/c1-3-7-12-10(5-1)9-11-6-2-4-8-13(11)12;1-13(2,3)12-9-8-11-10-6-4-5-7-10;1-3-2;;;/h1-9H;4-7H,8-9H2,1-3H3;1-2H3;2*1H;/q2*-1;;;;+2/p-2. The summed E-state index contributed by atoms with van der Waals surface area (Å²) in [6.45, 7) is 12.5. The van der Waals surface area contributed by atoms with Gasteiger partial charge in [0, 0.05) is 5.75 Å². The third-order valence-electron chi connectivity index (χ3n) is 4.04. The van der Waals surface area contributed by atoms with Crippen molar-refractivity contribution in [3.63, 3.8) is 0 Å². The van der Waals surface area contributed by atoms with Crippen LogP contribution in [0.15, 0.2) is 78.9 Å². The Kier molecular flexibility index (Phi) is 15.7. The van der Waals surface area contributed by atoms with E-state index in [1.807, 2.05) is 24.3 Å². The van der Waals surface area contributed by atoms with Crippen LogP contribution in [-0.4, -0.2) is 27.0 Å². The van der Waals surface area contributed by atoms with Gasteiger partial charge in [-0.1, -0.05) is 36.4 Å². The van der Waals surface area contributed by atoms with Crippen LogP contribution in [0.3, 0.4) is 0 Å². The average molecular weight is 583 g/mol. The molecule has 2 nitrogen and oxygen atoms in total. The third kappa shape index (κ3) is 12.0. The van der Waals surface area contributed by atoms with E-state index in [1.165, 1.54) is 21.5 Å². The van der Waals surface area contributed by atoms with Crippen molar-refractivity contribution in [3.8, 4) is 5.75 Å². The quantitative estimate of drug-likeness (QED) is 0.200. The molecule has 0 aliphatic rings. The fraction of sp³-hybridized carbons (Fsp3) is 0.280. The Labute approximate surface area is 221 Å².